The Labute approximate surface area is 220 Å². The average Bonchev–Trinajstić information content (AvgIpc) is 3.37. The fourth-order valence-electron chi connectivity index (χ4n) is 4.28. The van der Waals surface area contributed by atoms with Crippen LogP contribution in [0.2, 0.25) is 0 Å². The molecule has 0 saturated heterocycles. The van der Waals surface area contributed by atoms with E-state index in [0.29, 0.717) is 16.3 Å². The monoisotopic (exact) mass is 575 g/mol. The number of rotatable bonds is 10. The highest BCUT2D eigenvalue weighted by atomic mass is 32.2. The molecule has 16 heteroatoms. The number of halogens is 3. The van der Waals surface area contributed by atoms with E-state index in [2.05, 4.69) is 30.3 Å². The summed E-state index contributed by atoms with van der Waals surface area (Å²) in [5.41, 5.74) is 6.82. The van der Waals surface area contributed by atoms with Gasteiger partial charge in [0.25, 0.3) is 0 Å². The second-order valence-electron chi connectivity index (χ2n) is 9.00. The van der Waals surface area contributed by atoms with E-state index in [9.17, 15) is 31.8 Å². The summed E-state index contributed by atoms with van der Waals surface area (Å²) in [6.07, 6.45) is -6.90. The molecular formula is C22H28F3N7O4S2. The van der Waals surface area contributed by atoms with Crippen molar-refractivity contribution < 1.29 is 31.8 Å². The number of hydrogen-bond donors (Lipinski definition) is 6. The van der Waals surface area contributed by atoms with Gasteiger partial charge in [0.15, 0.2) is 0 Å². The Morgan fingerprint density at radius 3 is 2.58 bits per heavy atom. The standard InChI is InChI=1S/C22H28F3N7O4S2/c1-11-16(20-31-13-4-2-3-5-15(13)37-20)19(32-21(29-11)27-10-22(23,24)25)30-14-8-12(17(33)18(14)34)9-28-38(35,36)7-6-26/h2-5,12,14,17-18,28,33-34H,6-10,26H2,1H3,(H2,27,29,30,32)/t12-,14-,17-,18+/m1/s1. The van der Waals surface area contributed by atoms with E-state index < -0.39 is 46.9 Å². The van der Waals surface area contributed by atoms with Gasteiger partial charge < -0.3 is 26.6 Å². The van der Waals surface area contributed by atoms with Gasteiger partial charge in [0, 0.05) is 19.0 Å². The van der Waals surface area contributed by atoms with Crippen molar-refractivity contribution in [1.82, 2.24) is 19.7 Å². The maximum absolute atomic E-state index is 12.8. The van der Waals surface area contributed by atoms with Gasteiger partial charge in [-0.2, -0.15) is 18.2 Å². The summed E-state index contributed by atoms with van der Waals surface area (Å²) in [5.74, 6) is -1.06. The van der Waals surface area contributed by atoms with E-state index in [4.69, 9.17) is 5.73 Å². The minimum Gasteiger partial charge on any atom is -0.390 e. The summed E-state index contributed by atoms with van der Waals surface area (Å²) >= 11 is 1.35. The van der Waals surface area contributed by atoms with Crippen molar-refractivity contribution in [3.05, 3.63) is 30.0 Å². The second-order valence-corrected chi connectivity index (χ2v) is 12.0. The molecule has 7 N–H and O–H groups in total. The van der Waals surface area contributed by atoms with Gasteiger partial charge in [0.2, 0.25) is 16.0 Å². The van der Waals surface area contributed by atoms with Gasteiger partial charge in [-0.25, -0.2) is 23.1 Å². The number of aliphatic hydroxyl groups is 2. The molecule has 0 radical (unpaired) electrons. The summed E-state index contributed by atoms with van der Waals surface area (Å²) in [6.45, 7) is 0.0798. The topological polar surface area (TPSA) is 175 Å². The summed E-state index contributed by atoms with van der Waals surface area (Å²) in [4.78, 5) is 13.1. The maximum atomic E-state index is 12.8. The number of para-hydroxylation sites is 1. The number of fused-ring (bicyclic) bond motifs is 1. The highest BCUT2D eigenvalue weighted by molar-refractivity contribution is 7.89. The molecule has 38 heavy (non-hydrogen) atoms. The summed E-state index contributed by atoms with van der Waals surface area (Å²) in [5, 5.41) is 27.0. The lowest BCUT2D eigenvalue weighted by molar-refractivity contribution is -0.115. The lowest BCUT2D eigenvalue weighted by Gasteiger charge is -2.21. The molecule has 2 heterocycles. The van der Waals surface area contributed by atoms with Crippen molar-refractivity contribution in [2.24, 2.45) is 11.7 Å². The van der Waals surface area contributed by atoms with Crippen LogP contribution in [0.1, 0.15) is 12.1 Å². The molecule has 0 aliphatic heterocycles. The van der Waals surface area contributed by atoms with Crippen LogP contribution < -0.4 is 21.1 Å². The van der Waals surface area contributed by atoms with Gasteiger partial charge in [0.1, 0.15) is 23.5 Å². The summed E-state index contributed by atoms with van der Waals surface area (Å²) in [6, 6.07) is 6.61. The Bertz CT molecular complexity index is 1350. The number of thiazole rings is 1. The molecular weight excluding hydrogens is 547 g/mol. The number of nitrogens with two attached hydrogens (primary N) is 1. The number of aryl methyl sites for hydroxylation is 1. The molecule has 0 amide bonds. The largest absolute Gasteiger partial charge is 0.405 e. The van der Waals surface area contributed by atoms with Gasteiger partial charge in [-0.15, -0.1) is 11.3 Å². The molecule has 0 unspecified atom stereocenters. The van der Waals surface area contributed by atoms with Crippen LogP contribution in [-0.2, 0) is 10.0 Å². The van der Waals surface area contributed by atoms with E-state index in [0.717, 1.165) is 10.2 Å². The molecule has 0 spiro atoms. The number of alkyl halides is 3. The quantitative estimate of drug-likeness (QED) is 0.207. The van der Waals surface area contributed by atoms with Crippen LogP contribution in [0.15, 0.2) is 24.3 Å². The van der Waals surface area contributed by atoms with Crippen LogP contribution in [0.25, 0.3) is 20.8 Å². The predicted octanol–water partition coefficient (Wildman–Crippen LogP) is 1.44. The summed E-state index contributed by atoms with van der Waals surface area (Å²) in [7, 11) is -3.64. The van der Waals surface area contributed by atoms with Crippen molar-refractivity contribution in [3.8, 4) is 10.6 Å². The first-order valence-electron chi connectivity index (χ1n) is 11.7. The Morgan fingerprint density at radius 1 is 1.16 bits per heavy atom. The third-order valence-corrected chi connectivity index (χ3v) is 8.55. The van der Waals surface area contributed by atoms with Gasteiger partial charge in [0.05, 0.1) is 39.4 Å². The molecule has 1 aliphatic rings. The number of nitrogens with zero attached hydrogens (tertiary/aromatic N) is 3. The average molecular weight is 576 g/mol. The molecule has 1 fully saturated rings. The molecule has 1 aliphatic carbocycles. The van der Waals surface area contributed by atoms with Gasteiger partial charge >= 0.3 is 6.18 Å². The molecule has 4 atom stereocenters. The number of nitrogens with one attached hydrogen (secondary N) is 3. The number of anilines is 2. The van der Waals surface area contributed by atoms with Crippen molar-refractivity contribution in [2.75, 3.05) is 36.0 Å². The number of benzene rings is 1. The first-order valence-corrected chi connectivity index (χ1v) is 14.2. The van der Waals surface area contributed by atoms with E-state index in [1.165, 1.54) is 11.3 Å². The Hall–Kier alpha value is -2.63. The van der Waals surface area contributed by atoms with Gasteiger partial charge in [-0.3, -0.25) is 0 Å². The van der Waals surface area contributed by atoms with Crippen molar-refractivity contribution >= 4 is 43.3 Å². The maximum Gasteiger partial charge on any atom is 0.405 e. The van der Waals surface area contributed by atoms with Crippen molar-refractivity contribution in [2.45, 2.75) is 37.8 Å². The van der Waals surface area contributed by atoms with Crippen LogP contribution in [0.3, 0.4) is 0 Å². The Balaban J connectivity index is 1.64. The van der Waals surface area contributed by atoms with Crippen LogP contribution in [0.5, 0.6) is 0 Å². The van der Waals surface area contributed by atoms with Crippen LogP contribution in [0, 0.1) is 12.8 Å². The number of sulfonamides is 1. The van der Waals surface area contributed by atoms with Gasteiger partial charge in [-0.05, 0) is 25.5 Å². The second kappa shape index (κ2) is 11.2. The molecule has 208 valence electrons. The van der Waals surface area contributed by atoms with Crippen LogP contribution in [-0.4, -0.2) is 83.4 Å². The van der Waals surface area contributed by atoms with E-state index in [-0.39, 0.29) is 37.0 Å². The third-order valence-electron chi connectivity index (χ3n) is 6.12. The normalized spacial score (nSPS) is 22.2. The number of hydrogen-bond acceptors (Lipinski definition) is 11. The van der Waals surface area contributed by atoms with Gasteiger partial charge in [-0.1, -0.05) is 12.1 Å². The fraction of sp³-hybridized carbons (Fsp3) is 0.500. The zero-order valence-corrected chi connectivity index (χ0v) is 21.9. The lowest BCUT2D eigenvalue weighted by Crippen LogP contribution is -2.38. The van der Waals surface area contributed by atoms with Crippen molar-refractivity contribution in [1.29, 1.82) is 0 Å². The Morgan fingerprint density at radius 2 is 1.89 bits per heavy atom. The molecule has 1 saturated carbocycles. The molecule has 2 aromatic heterocycles. The molecule has 1 aromatic carbocycles. The highest BCUT2D eigenvalue weighted by Crippen LogP contribution is 2.38. The molecule has 0 bridgehead atoms. The Kier molecular flexibility index (Phi) is 8.39. The number of aliphatic hydroxyl groups excluding tert-OH is 2. The zero-order valence-electron chi connectivity index (χ0n) is 20.2. The fourth-order valence-corrected chi connectivity index (χ4v) is 6.26. The van der Waals surface area contributed by atoms with E-state index in [1.54, 1.807) is 6.92 Å². The number of aromatic nitrogens is 3. The SMILES string of the molecule is Cc1nc(NCC(F)(F)F)nc(N[C@@H]2C[C@H](CNS(=O)(=O)CCN)[C@@H](O)[C@H]2O)c1-c1nc2ccccc2s1. The van der Waals surface area contributed by atoms with E-state index >= 15 is 0 Å². The molecule has 3 aromatic rings. The van der Waals surface area contributed by atoms with Crippen molar-refractivity contribution in [3.63, 3.8) is 0 Å². The van der Waals surface area contributed by atoms with E-state index in [1.807, 2.05) is 24.3 Å². The first kappa shape index (κ1) is 28.4. The molecule has 4 rings (SSSR count). The first-order chi connectivity index (χ1) is 17.9. The minimum atomic E-state index is -4.49. The van der Waals surface area contributed by atoms with Crippen LogP contribution >= 0.6 is 11.3 Å². The lowest BCUT2D eigenvalue weighted by atomic mass is 10.1. The molecule has 11 nitrogen and oxygen atoms in total. The summed E-state index contributed by atoms with van der Waals surface area (Å²) < 4.78 is 65.7. The highest BCUT2D eigenvalue weighted by Gasteiger charge is 2.42. The third kappa shape index (κ3) is 6.68. The minimum absolute atomic E-state index is 0.0678. The smallest absolute Gasteiger partial charge is 0.390 e. The zero-order chi connectivity index (χ0) is 27.7. The van der Waals surface area contributed by atoms with Crippen LogP contribution in [0.4, 0.5) is 24.9 Å². The predicted molar refractivity (Wildman–Crippen MR) is 138 cm³/mol.